The van der Waals surface area contributed by atoms with Crippen LogP contribution in [0.25, 0.3) is 4.85 Å². The molecule has 0 aliphatic rings. The first-order valence-corrected chi connectivity index (χ1v) is 3.55. The lowest BCUT2D eigenvalue weighted by Crippen LogP contribution is -1.95. The van der Waals surface area contributed by atoms with Crippen molar-refractivity contribution in [1.29, 1.82) is 0 Å². The zero-order chi connectivity index (χ0) is 10.0. The molecule has 0 aliphatic carbocycles. The quantitative estimate of drug-likeness (QED) is 0.325. The Morgan fingerprint density at radius 1 is 1.62 bits per heavy atom. The SMILES string of the molecule is [C-]#[N+]c1cc(Cl)c(N)c([N+](=O)[O-])c1. The normalized spacial score (nSPS) is 9.23. The lowest BCUT2D eigenvalue weighted by molar-refractivity contribution is -0.383. The number of nitro groups is 1. The average molecular weight is 198 g/mol. The number of rotatable bonds is 1. The zero-order valence-electron chi connectivity index (χ0n) is 6.32. The van der Waals surface area contributed by atoms with Gasteiger partial charge >= 0.3 is 0 Å². The molecule has 1 rings (SSSR count). The molecular formula is C7H4ClN3O2. The van der Waals surface area contributed by atoms with E-state index >= 15 is 0 Å². The van der Waals surface area contributed by atoms with Crippen LogP contribution >= 0.6 is 11.6 Å². The van der Waals surface area contributed by atoms with Gasteiger partial charge in [-0.05, 0) is 6.07 Å². The van der Waals surface area contributed by atoms with Crippen LogP contribution in [0.1, 0.15) is 0 Å². The van der Waals surface area contributed by atoms with Crippen LogP contribution in [-0.4, -0.2) is 4.92 Å². The summed E-state index contributed by atoms with van der Waals surface area (Å²) in [5.74, 6) is 0. The second-order valence-electron chi connectivity index (χ2n) is 2.23. The molecule has 0 atom stereocenters. The van der Waals surface area contributed by atoms with Gasteiger partial charge in [0.1, 0.15) is 5.69 Å². The van der Waals surface area contributed by atoms with Gasteiger partial charge in [-0.2, -0.15) is 0 Å². The minimum absolute atomic E-state index is 0.0280. The number of nitrogens with zero attached hydrogens (tertiary/aromatic N) is 2. The van der Waals surface area contributed by atoms with E-state index in [1.54, 1.807) is 0 Å². The van der Waals surface area contributed by atoms with Gasteiger partial charge in [-0.25, -0.2) is 4.85 Å². The van der Waals surface area contributed by atoms with Gasteiger partial charge in [0, 0.05) is 6.07 Å². The van der Waals surface area contributed by atoms with E-state index in [9.17, 15) is 10.1 Å². The topological polar surface area (TPSA) is 73.5 Å². The molecule has 0 aromatic heterocycles. The Kier molecular flexibility index (Phi) is 2.35. The highest BCUT2D eigenvalue weighted by Gasteiger charge is 2.15. The Hall–Kier alpha value is -1.80. The summed E-state index contributed by atoms with van der Waals surface area (Å²) in [6, 6.07) is 2.38. The summed E-state index contributed by atoms with van der Waals surface area (Å²) in [7, 11) is 0. The molecule has 0 amide bonds. The summed E-state index contributed by atoms with van der Waals surface area (Å²) in [4.78, 5) is 12.8. The maximum atomic E-state index is 10.4. The second-order valence-corrected chi connectivity index (χ2v) is 2.64. The van der Waals surface area contributed by atoms with Gasteiger partial charge in [0.15, 0.2) is 5.69 Å². The lowest BCUT2D eigenvalue weighted by atomic mass is 10.2. The highest BCUT2D eigenvalue weighted by atomic mass is 35.5. The third kappa shape index (κ3) is 1.68. The molecule has 0 aliphatic heterocycles. The van der Waals surface area contributed by atoms with Gasteiger partial charge in [0.05, 0.1) is 16.5 Å². The van der Waals surface area contributed by atoms with Crippen LogP contribution in [0.3, 0.4) is 0 Å². The molecule has 13 heavy (non-hydrogen) atoms. The van der Waals surface area contributed by atoms with Crippen molar-refractivity contribution >= 4 is 28.7 Å². The largest absolute Gasteiger partial charge is 0.392 e. The summed E-state index contributed by atoms with van der Waals surface area (Å²) in [6.07, 6.45) is 0. The molecule has 0 unspecified atom stereocenters. The number of hydrogen-bond acceptors (Lipinski definition) is 3. The first-order chi connectivity index (χ1) is 6.06. The molecule has 66 valence electrons. The van der Waals surface area contributed by atoms with Crippen molar-refractivity contribution in [2.24, 2.45) is 0 Å². The van der Waals surface area contributed by atoms with Crippen LogP contribution < -0.4 is 5.73 Å². The van der Waals surface area contributed by atoms with Gasteiger partial charge < -0.3 is 5.73 Å². The Morgan fingerprint density at radius 2 is 2.23 bits per heavy atom. The number of benzene rings is 1. The molecule has 5 nitrogen and oxygen atoms in total. The predicted octanol–water partition coefficient (Wildman–Crippen LogP) is 2.38. The van der Waals surface area contributed by atoms with E-state index in [0.29, 0.717) is 0 Å². The Balaban J connectivity index is 3.44. The number of nitrogen functional groups attached to an aromatic ring is 1. The van der Waals surface area contributed by atoms with Gasteiger partial charge in [0.25, 0.3) is 5.69 Å². The van der Waals surface area contributed by atoms with Crippen molar-refractivity contribution in [3.63, 3.8) is 0 Å². The lowest BCUT2D eigenvalue weighted by Gasteiger charge is -1.99. The van der Waals surface area contributed by atoms with Crippen molar-refractivity contribution in [3.8, 4) is 0 Å². The van der Waals surface area contributed by atoms with E-state index < -0.39 is 4.92 Å². The molecule has 1 aromatic rings. The van der Waals surface area contributed by atoms with Crippen molar-refractivity contribution in [2.75, 3.05) is 5.73 Å². The third-order valence-corrected chi connectivity index (χ3v) is 1.73. The minimum atomic E-state index is -0.671. The van der Waals surface area contributed by atoms with E-state index in [2.05, 4.69) is 4.85 Å². The summed E-state index contributed by atoms with van der Waals surface area (Å²) in [6.45, 7) is 6.65. The molecule has 0 bridgehead atoms. The summed E-state index contributed by atoms with van der Waals surface area (Å²) < 4.78 is 0. The van der Waals surface area contributed by atoms with E-state index in [1.807, 2.05) is 0 Å². The molecule has 0 radical (unpaired) electrons. The third-order valence-electron chi connectivity index (χ3n) is 1.42. The fourth-order valence-corrected chi connectivity index (χ4v) is 1.01. The number of nitro benzene ring substituents is 1. The number of halogens is 1. The van der Waals surface area contributed by atoms with Gasteiger partial charge in [-0.3, -0.25) is 10.1 Å². The van der Waals surface area contributed by atoms with Crippen molar-refractivity contribution < 1.29 is 4.92 Å². The van der Waals surface area contributed by atoms with Gasteiger partial charge in [-0.1, -0.05) is 11.6 Å². The fourth-order valence-electron chi connectivity index (χ4n) is 0.805. The van der Waals surface area contributed by atoms with Crippen molar-refractivity contribution in [2.45, 2.75) is 0 Å². The van der Waals surface area contributed by atoms with Crippen LogP contribution in [0.5, 0.6) is 0 Å². The second kappa shape index (κ2) is 3.29. The van der Waals surface area contributed by atoms with E-state index in [1.165, 1.54) is 6.07 Å². The Bertz CT molecular complexity index is 411. The van der Waals surface area contributed by atoms with Crippen molar-refractivity contribution in [1.82, 2.24) is 0 Å². The summed E-state index contributed by atoms with van der Waals surface area (Å²) >= 11 is 5.57. The molecule has 0 saturated carbocycles. The minimum Gasteiger partial charge on any atom is -0.392 e. The maximum absolute atomic E-state index is 10.4. The highest BCUT2D eigenvalue weighted by Crippen LogP contribution is 2.33. The Labute approximate surface area is 78.7 Å². The Morgan fingerprint density at radius 3 is 2.69 bits per heavy atom. The molecule has 0 fully saturated rings. The van der Waals surface area contributed by atoms with Gasteiger partial charge in [0.2, 0.25) is 0 Å². The first kappa shape index (κ1) is 9.29. The molecule has 0 spiro atoms. The first-order valence-electron chi connectivity index (χ1n) is 3.17. The predicted molar refractivity (Wildman–Crippen MR) is 48.8 cm³/mol. The molecule has 0 saturated heterocycles. The zero-order valence-corrected chi connectivity index (χ0v) is 7.08. The number of nitrogens with two attached hydrogens (primary N) is 1. The molecule has 1 aromatic carbocycles. The standard InChI is InChI=1S/C7H4ClN3O2/c1-10-4-2-5(8)7(9)6(3-4)11(12)13/h2-3H,9H2. The fraction of sp³-hybridized carbons (Fsp3) is 0. The van der Waals surface area contributed by atoms with Crippen LogP contribution in [0, 0.1) is 16.7 Å². The van der Waals surface area contributed by atoms with Crippen LogP contribution in [0.4, 0.5) is 17.1 Å². The van der Waals surface area contributed by atoms with Crippen molar-refractivity contribution in [3.05, 3.63) is 38.7 Å². The maximum Gasteiger partial charge on any atom is 0.283 e. The van der Waals surface area contributed by atoms with Crippen LogP contribution in [0.2, 0.25) is 5.02 Å². The molecule has 6 heteroatoms. The van der Waals surface area contributed by atoms with E-state index in [4.69, 9.17) is 23.9 Å². The van der Waals surface area contributed by atoms with E-state index in [0.717, 1.165) is 6.07 Å². The van der Waals surface area contributed by atoms with E-state index in [-0.39, 0.29) is 22.1 Å². The van der Waals surface area contributed by atoms with Crippen LogP contribution in [0.15, 0.2) is 12.1 Å². The smallest absolute Gasteiger partial charge is 0.283 e. The number of anilines is 1. The molecular weight excluding hydrogens is 194 g/mol. The molecule has 0 heterocycles. The average Bonchev–Trinajstić information content (AvgIpc) is 2.09. The number of hydrogen-bond donors (Lipinski definition) is 1. The molecule has 2 N–H and O–H groups in total. The van der Waals surface area contributed by atoms with Crippen LogP contribution in [-0.2, 0) is 0 Å². The van der Waals surface area contributed by atoms with Gasteiger partial charge in [-0.15, -0.1) is 0 Å². The highest BCUT2D eigenvalue weighted by molar-refractivity contribution is 6.33. The monoisotopic (exact) mass is 197 g/mol. The summed E-state index contributed by atoms with van der Waals surface area (Å²) in [5.41, 5.74) is 4.99. The summed E-state index contributed by atoms with van der Waals surface area (Å²) in [5, 5.41) is 10.4.